The highest BCUT2D eigenvalue weighted by Crippen LogP contribution is 2.31. The van der Waals surface area contributed by atoms with Gasteiger partial charge in [-0.2, -0.15) is 10.4 Å². The van der Waals surface area contributed by atoms with Crippen molar-refractivity contribution in [2.45, 2.75) is 6.54 Å². The van der Waals surface area contributed by atoms with E-state index >= 15 is 0 Å². The molecule has 0 atom stereocenters. The fourth-order valence-electron chi connectivity index (χ4n) is 3.69. The molecule has 2 aromatic heterocycles. The van der Waals surface area contributed by atoms with Crippen LogP contribution >= 0.6 is 12.4 Å². The number of anilines is 2. The molecule has 1 aliphatic heterocycles. The Kier molecular flexibility index (Phi) is 9.18. The maximum atomic E-state index is 8.83. The van der Waals surface area contributed by atoms with Crippen molar-refractivity contribution in [1.82, 2.24) is 30.0 Å². The van der Waals surface area contributed by atoms with Crippen LogP contribution in [0.5, 0.6) is 5.75 Å². The summed E-state index contributed by atoms with van der Waals surface area (Å²) in [6, 6.07) is 10.1. The molecule has 1 aliphatic rings. The lowest BCUT2D eigenvalue weighted by Gasteiger charge is -2.28. The Morgan fingerprint density at radius 2 is 2.03 bits per heavy atom. The summed E-state index contributed by atoms with van der Waals surface area (Å²) in [4.78, 5) is 12.9. The Bertz CT molecular complexity index is 1090. The average Bonchev–Trinajstić information content (AvgIpc) is 3.32. The first-order chi connectivity index (χ1) is 16.1. The number of morpholine rings is 1. The van der Waals surface area contributed by atoms with Gasteiger partial charge in [0.05, 0.1) is 38.4 Å². The van der Waals surface area contributed by atoms with Gasteiger partial charge in [-0.05, 0) is 24.7 Å². The van der Waals surface area contributed by atoms with Crippen LogP contribution in [0, 0.1) is 11.3 Å². The lowest BCUT2D eigenvalue weighted by atomic mass is 10.1. The van der Waals surface area contributed by atoms with E-state index < -0.39 is 0 Å². The van der Waals surface area contributed by atoms with Crippen LogP contribution in [0.4, 0.5) is 11.6 Å². The predicted octanol–water partition coefficient (Wildman–Crippen LogP) is 2.68. The van der Waals surface area contributed by atoms with E-state index in [1.807, 2.05) is 18.2 Å². The highest BCUT2D eigenvalue weighted by atomic mass is 35.5. The van der Waals surface area contributed by atoms with E-state index in [0.717, 1.165) is 62.9 Å². The van der Waals surface area contributed by atoms with E-state index in [0.29, 0.717) is 11.6 Å². The minimum atomic E-state index is 0. The van der Waals surface area contributed by atoms with E-state index in [4.69, 9.17) is 14.7 Å². The number of methoxy groups -OCH3 is 1. The Morgan fingerprint density at radius 3 is 2.74 bits per heavy atom. The molecule has 0 saturated carbocycles. The molecule has 0 radical (unpaired) electrons. The van der Waals surface area contributed by atoms with Crippen molar-refractivity contribution in [3.8, 4) is 23.1 Å². The fraction of sp³-hybridized carbons (Fsp3) is 0.391. The summed E-state index contributed by atoms with van der Waals surface area (Å²) in [6.07, 6.45) is 2.91. The molecule has 0 aliphatic carbocycles. The number of ether oxygens (including phenoxy) is 2. The second kappa shape index (κ2) is 12.3. The van der Waals surface area contributed by atoms with E-state index in [9.17, 15) is 0 Å². The zero-order valence-corrected chi connectivity index (χ0v) is 20.1. The number of benzene rings is 1. The van der Waals surface area contributed by atoms with Gasteiger partial charge in [-0.25, -0.2) is 9.97 Å². The molecule has 3 aromatic rings. The molecule has 0 amide bonds. The van der Waals surface area contributed by atoms with Gasteiger partial charge in [-0.15, -0.1) is 12.4 Å². The number of H-pyrrole nitrogens is 1. The monoisotopic (exact) mass is 484 g/mol. The zero-order valence-electron chi connectivity index (χ0n) is 19.3. The maximum Gasteiger partial charge on any atom is 0.158 e. The van der Waals surface area contributed by atoms with Gasteiger partial charge in [0.25, 0.3) is 0 Å². The van der Waals surface area contributed by atoms with Crippen LogP contribution in [0.2, 0.25) is 0 Å². The van der Waals surface area contributed by atoms with Gasteiger partial charge in [0.1, 0.15) is 17.6 Å². The van der Waals surface area contributed by atoms with Gasteiger partial charge in [-0.3, -0.25) is 10.00 Å². The van der Waals surface area contributed by atoms with Crippen molar-refractivity contribution in [2.75, 3.05) is 58.9 Å². The van der Waals surface area contributed by atoms with Crippen LogP contribution in [0.1, 0.15) is 11.3 Å². The molecule has 34 heavy (non-hydrogen) atoms. The van der Waals surface area contributed by atoms with Crippen molar-refractivity contribution in [1.29, 1.82) is 5.26 Å². The van der Waals surface area contributed by atoms with Gasteiger partial charge < -0.3 is 19.7 Å². The molecule has 0 spiro atoms. The third-order valence-electron chi connectivity index (χ3n) is 5.51. The van der Waals surface area contributed by atoms with Crippen molar-refractivity contribution in [3.05, 3.63) is 47.9 Å². The molecule has 1 aromatic carbocycles. The van der Waals surface area contributed by atoms with Gasteiger partial charge >= 0.3 is 0 Å². The topological polar surface area (TPSA) is 115 Å². The number of aromatic amines is 1. The summed E-state index contributed by atoms with van der Waals surface area (Å²) in [5, 5.41) is 19.2. The van der Waals surface area contributed by atoms with Crippen molar-refractivity contribution in [2.24, 2.45) is 0 Å². The molecule has 2 N–H and O–H groups in total. The number of nitrogens with zero attached hydrogens (tertiary/aromatic N) is 6. The third-order valence-corrected chi connectivity index (χ3v) is 5.51. The van der Waals surface area contributed by atoms with Gasteiger partial charge in [0, 0.05) is 44.4 Å². The molecule has 1 fully saturated rings. The number of hydrogen-bond donors (Lipinski definition) is 2. The first-order valence-corrected chi connectivity index (χ1v) is 10.8. The summed E-state index contributed by atoms with van der Waals surface area (Å²) in [6.45, 7) is 6.56. The summed E-state index contributed by atoms with van der Waals surface area (Å²) in [5.74, 6) is 1.88. The third kappa shape index (κ3) is 6.65. The number of hydrogen-bond acceptors (Lipinski definition) is 9. The standard InChI is InChI=1S/C23H28N8O2.ClH/c1-30(5-6-31-7-9-33-10-8-31)16-17-3-4-19(21(11-17)32-2)20-12-22(29-28-20)27-23-15-25-18(13-24)14-26-23;/h3-4,11-12,14-15H,5-10,16H2,1-2H3,(H2,26,27,28,29);1H. The molecular weight excluding hydrogens is 456 g/mol. The fourth-order valence-corrected chi connectivity index (χ4v) is 3.69. The maximum absolute atomic E-state index is 8.83. The number of aromatic nitrogens is 4. The number of halogens is 1. The van der Waals surface area contributed by atoms with E-state index in [2.05, 4.69) is 54.5 Å². The first-order valence-electron chi connectivity index (χ1n) is 10.8. The lowest BCUT2D eigenvalue weighted by molar-refractivity contribution is 0.0342. The number of likely N-dealkylation sites (N-methyl/N-ethyl adjacent to an activating group) is 1. The van der Waals surface area contributed by atoms with Crippen LogP contribution in [-0.2, 0) is 11.3 Å². The molecular formula is C23H29ClN8O2. The minimum absolute atomic E-state index is 0. The molecule has 3 heterocycles. The zero-order chi connectivity index (χ0) is 23.0. The Labute approximate surface area is 205 Å². The van der Waals surface area contributed by atoms with Crippen LogP contribution < -0.4 is 10.1 Å². The highest BCUT2D eigenvalue weighted by molar-refractivity contribution is 5.85. The molecule has 0 bridgehead atoms. The molecule has 11 heteroatoms. The van der Waals surface area contributed by atoms with E-state index in [1.54, 1.807) is 7.11 Å². The summed E-state index contributed by atoms with van der Waals surface area (Å²) >= 11 is 0. The number of rotatable bonds is 9. The van der Waals surface area contributed by atoms with Gasteiger partial charge in [0.15, 0.2) is 11.5 Å². The van der Waals surface area contributed by atoms with Gasteiger partial charge in [0.2, 0.25) is 0 Å². The Morgan fingerprint density at radius 1 is 1.21 bits per heavy atom. The van der Waals surface area contributed by atoms with E-state index in [-0.39, 0.29) is 18.1 Å². The van der Waals surface area contributed by atoms with Gasteiger partial charge in [-0.1, -0.05) is 6.07 Å². The minimum Gasteiger partial charge on any atom is -0.496 e. The molecule has 0 unspecified atom stereocenters. The summed E-state index contributed by atoms with van der Waals surface area (Å²) in [7, 11) is 3.81. The summed E-state index contributed by atoms with van der Waals surface area (Å²) in [5.41, 5.74) is 3.19. The van der Waals surface area contributed by atoms with E-state index in [1.165, 1.54) is 18.0 Å². The van der Waals surface area contributed by atoms with Crippen molar-refractivity contribution >= 4 is 24.0 Å². The molecule has 4 rings (SSSR count). The van der Waals surface area contributed by atoms with Crippen molar-refractivity contribution < 1.29 is 9.47 Å². The second-order valence-corrected chi connectivity index (χ2v) is 7.92. The van der Waals surface area contributed by atoms with Crippen LogP contribution in [0.25, 0.3) is 11.3 Å². The normalized spacial score (nSPS) is 13.8. The Balaban J connectivity index is 0.00000324. The highest BCUT2D eigenvalue weighted by Gasteiger charge is 2.14. The summed E-state index contributed by atoms with van der Waals surface area (Å²) < 4.78 is 11.1. The number of nitrogens with one attached hydrogen (secondary N) is 2. The largest absolute Gasteiger partial charge is 0.496 e. The smallest absolute Gasteiger partial charge is 0.158 e. The van der Waals surface area contributed by atoms with Crippen LogP contribution in [-0.4, -0.2) is 83.5 Å². The quantitative estimate of drug-likeness (QED) is 0.472. The van der Waals surface area contributed by atoms with Crippen LogP contribution in [0.15, 0.2) is 36.7 Å². The molecule has 10 nitrogen and oxygen atoms in total. The second-order valence-electron chi connectivity index (χ2n) is 7.92. The SMILES string of the molecule is COc1cc(CN(C)CCN2CCOCC2)ccc1-c1cc(Nc2cnc(C#N)cn2)n[nH]1.Cl. The van der Waals surface area contributed by atoms with Crippen molar-refractivity contribution in [3.63, 3.8) is 0 Å². The van der Waals surface area contributed by atoms with Crippen LogP contribution in [0.3, 0.4) is 0 Å². The lowest BCUT2D eigenvalue weighted by Crippen LogP contribution is -2.40. The first kappa shape index (κ1) is 25.4. The molecule has 180 valence electrons. The molecule has 1 saturated heterocycles. The predicted molar refractivity (Wildman–Crippen MR) is 131 cm³/mol. The number of nitriles is 1. The average molecular weight is 485 g/mol. The Hall–Kier alpha value is -3.23.